The maximum absolute atomic E-state index is 5.75. The number of para-hydroxylation sites is 1. The minimum atomic E-state index is 0.300. The first-order valence-electron chi connectivity index (χ1n) is 6.80. The van der Waals surface area contributed by atoms with Crippen molar-refractivity contribution in [2.75, 3.05) is 13.2 Å². The molecule has 1 saturated heterocycles. The van der Waals surface area contributed by atoms with Gasteiger partial charge in [0.05, 0.1) is 0 Å². The molecule has 5 heteroatoms. The molecule has 0 bridgehead atoms. The van der Waals surface area contributed by atoms with Gasteiger partial charge in [-0.1, -0.05) is 23.4 Å². The van der Waals surface area contributed by atoms with Crippen LogP contribution in [-0.2, 0) is 4.74 Å². The molecule has 0 spiro atoms. The van der Waals surface area contributed by atoms with E-state index in [2.05, 4.69) is 10.1 Å². The van der Waals surface area contributed by atoms with E-state index >= 15 is 0 Å². The monoisotopic (exact) mass is 270 g/mol. The van der Waals surface area contributed by atoms with Crippen LogP contribution < -0.4 is 0 Å². The van der Waals surface area contributed by atoms with Gasteiger partial charge in [0.2, 0.25) is 11.7 Å². The molecule has 0 saturated carbocycles. The van der Waals surface area contributed by atoms with Crippen molar-refractivity contribution < 1.29 is 13.7 Å². The van der Waals surface area contributed by atoms with Crippen LogP contribution in [0.3, 0.4) is 0 Å². The van der Waals surface area contributed by atoms with E-state index in [4.69, 9.17) is 13.7 Å². The van der Waals surface area contributed by atoms with Crippen LogP contribution in [0.2, 0.25) is 0 Å². The lowest BCUT2D eigenvalue weighted by Crippen LogP contribution is -2.14. The largest absolute Gasteiger partial charge is 0.453 e. The van der Waals surface area contributed by atoms with Crippen LogP contribution in [0.25, 0.3) is 22.6 Å². The number of hydrogen-bond donors (Lipinski definition) is 0. The van der Waals surface area contributed by atoms with Crippen LogP contribution in [0.5, 0.6) is 0 Å². The zero-order chi connectivity index (χ0) is 13.4. The Hall–Kier alpha value is -2.14. The topological polar surface area (TPSA) is 61.3 Å². The fourth-order valence-electron chi connectivity index (χ4n) is 2.54. The highest BCUT2D eigenvalue weighted by Crippen LogP contribution is 2.29. The quantitative estimate of drug-likeness (QED) is 0.714. The Morgan fingerprint density at radius 3 is 2.80 bits per heavy atom. The summed E-state index contributed by atoms with van der Waals surface area (Å²) >= 11 is 0. The Labute approximate surface area is 115 Å². The third-order valence-electron chi connectivity index (χ3n) is 3.66. The molecule has 1 aromatic carbocycles. The number of hydrogen-bond acceptors (Lipinski definition) is 5. The average Bonchev–Trinajstić information content (AvgIpc) is 3.14. The van der Waals surface area contributed by atoms with Gasteiger partial charge < -0.3 is 13.7 Å². The van der Waals surface area contributed by atoms with Gasteiger partial charge in [-0.05, 0) is 25.0 Å². The van der Waals surface area contributed by atoms with E-state index in [9.17, 15) is 0 Å². The van der Waals surface area contributed by atoms with Crippen molar-refractivity contribution in [1.82, 2.24) is 10.1 Å². The molecule has 2 aromatic heterocycles. The number of benzene rings is 1. The molecule has 3 aromatic rings. The summed E-state index contributed by atoms with van der Waals surface area (Å²) in [5, 5.41) is 5.08. The SMILES string of the molecule is c1ccc2oc(-c3noc(C4CCOCC4)n3)cc2c1. The first-order chi connectivity index (χ1) is 9.90. The van der Waals surface area contributed by atoms with Crippen molar-refractivity contribution in [2.45, 2.75) is 18.8 Å². The lowest BCUT2D eigenvalue weighted by atomic mass is 10.0. The Bertz CT molecular complexity index is 692. The molecular weight excluding hydrogens is 256 g/mol. The zero-order valence-corrected chi connectivity index (χ0v) is 10.9. The van der Waals surface area contributed by atoms with E-state index < -0.39 is 0 Å². The molecule has 0 unspecified atom stereocenters. The molecule has 0 atom stereocenters. The molecule has 1 aliphatic rings. The van der Waals surface area contributed by atoms with E-state index in [1.165, 1.54) is 0 Å². The molecule has 0 radical (unpaired) electrons. The fraction of sp³-hybridized carbons (Fsp3) is 0.333. The summed E-state index contributed by atoms with van der Waals surface area (Å²) in [7, 11) is 0. The van der Waals surface area contributed by atoms with Crippen LogP contribution in [0.1, 0.15) is 24.7 Å². The number of nitrogens with zero attached hydrogens (tertiary/aromatic N) is 2. The van der Waals surface area contributed by atoms with Crippen molar-refractivity contribution >= 4 is 11.0 Å². The number of furan rings is 1. The predicted octanol–water partition coefficient (Wildman–Crippen LogP) is 3.38. The molecule has 102 valence electrons. The Kier molecular flexibility index (Phi) is 2.77. The van der Waals surface area contributed by atoms with Gasteiger partial charge >= 0.3 is 0 Å². The summed E-state index contributed by atoms with van der Waals surface area (Å²) in [6.45, 7) is 1.51. The minimum absolute atomic E-state index is 0.300. The maximum atomic E-state index is 5.75. The molecule has 5 nitrogen and oxygen atoms in total. The second-order valence-electron chi connectivity index (χ2n) is 4.99. The number of fused-ring (bicyclic) bond motifs is 1. The summed E-state index contributed by atoms with van der Waals surface area (Å²) in [6.07, 6.45) is 1.86. The second-order valence-corrected chi connectivity index (χ2v) is 4.99. The third-order valence-corrected chi connectivity index (χ3v) is 3.66. The summed E-state index contributed by atoms with van der Waals surface area (Å²) in [5.41, 5.74) is 0.833. The van der Waals surface area contributed by atoms with E-state index in [-0.39, 0.29) is 0 Å². The lowest BCUT2D eigenvalue weighted by Gasteiger charge is -2.17. The first-order valence-corrected chi connectivity index (χ1v) is 6.80. The van der Waals surface area contributed by atoms with E-state index in [1.54, 1.807) is 0 Å². The van der Waals surface area contributed by atoms with Crippen LogP contribution in [0.4, 0.5) is 0 Å². The summed E-state index contributed by atoms with van der Waals surface area (Å²) in [6, 6.07) is 9.79. The highest BCUT2D eigenvalue weighted by molar-refractivity contribution is 5.81. The van der Waals surface area contributed by atoms with Gasteiger partial charge in [-0.2, -0.15) is 4.98 Å². The van der Waals surface area contributed by atoms with Crippen LogP contribution in [0, 0.1) is 0 Å². The molecule has 3 heterocycles. The van der Waals surface area contributed by atoms with Gasteiger partial charge in [-0.25, -0.2) is 0 Å². The van der Waals surface area contributed by atoms with Gasteiger partial charge in [0, 0.05) is 24.5 Å². The number of aromatic nitrogens is 2. The first kappa shape index (κ1) is 11.7. The number of rotatable bonds is 2. The normalized spacial score (nSPS) is 16.8. The molecule has 0 amide bonds. The minimum Gasteiger partial charge on any atom is -0.453 e. The summed E-state index contributed by atoms with van der Waals surface area (Å²) in [4.78, 5) is 4.47. The molecule has 1 aliphatic heterocycles. The van der Waals surface area contributed by atoms with Crippen molar-refractivity contribution in [1.29, 1.82) is 0 Å². The van der Waals surface area contributed by atoms with Gasteiger partial charge in [0.1, 0.15) is 5.58 Å². The summed E-state index contributed by atoms with van der Waals surface area (Å²) in [5.74, 6) is 2.15. The Morgan fingerprint density at radius 2 is 1.95 bits per heavy atom. The average molecular weight is 270 g/mol. The zero-order valence-electron chi connectivity index (χ0n) is 10.9. The molecule has 0 aliphatic carbocycles. The molecule has 20 heavy (non-hydrogen) atoms. The van der Waals surface area contributed by atoms with Crippen LogP contribution >= 0.6 is 0 Å². The fourth-order valence-corrected chi connectivity index (χ4v) is 2.54. The van der Waals surface area contributed by atoms with Gasteiger partial charge in [-0.3, -0.25) is 0 Å². The van der Waals surface area contributed by atoms with Gasteiger partial charge in [0.15, 0.2) is 5.76 Å². The standard InChI is InChI=1S/C15H14N2O3/c1-2-4-12-11(3-1)9-13(19-12)14-16-15(20-17-14)10-5-7-18-8-6-10/h1-4,9-10H,5-8H2. The molecule has 4 rings (SSSR count). The van der Waals surface area contributed by atoms with E-state index in [0.717, 1.165) is 37.0 Å². The second kappa shape index (κ2) is 4.76. The third kappa shape index (κ3) is 2.00. The molecular formula is C15H14N2O3. The van der Waals surface area contributed by atoms with E-state index in [0.29, 0.717) is 23.4 Å². The highest BCUT2D eigenvalue weighted by Gasteiger charge is 2.23. The van der Waals surface area contributed by atoms with Crippen molar-refractivity contribution in [3.05, 3.63) is 36.2 Å². The van der Waals surface area contributed by atoms with Crippen molar-refractivity contribution in [3.63, 3.8) is 0 Å². The van der Waals surface area contributed by atoms with Crippen molar-refractivity contribution in [3.8, 4) is 11.6 Å². The Balaban J connectivity index is 1.66. The maximum Gasteiger partial charge on any atom is 0.238 e. The van der Waals surface area contributed by atoms with Gasteiger partial charge in [0.25, 0.3) is 0 Å². The summed E-state index contributed by atoms with van der Waals surface area (Å²) < 4.78 is 16.5. The predicted molar refractivity (Wildman–Crippen MR) is 72.3 cm³/mol. The van der Waals surface area contributed by atoms with Crippen LogP contribution in [0.15, 0.2) is 39.3 Å². The smallest absolute Gasteiger partial charge is 0.238 e. The molecule has 1 fully saturated rings. The highest BCUT2D eigenvalue weighted by atomic mass is 16.5. The lowest BCUT2D eigenvalue weighted by molar-refractivity contribution is 0.0778. The van der Waals surface area contributed by atoms with Gasteiger partial charge in [-0.15, -0.1) is 0 Å². The Morgan fingerprint density at radius 1 is 1.10 bits per heavy atom. The van der Waals surface area contributed by atoms with Crippen LogP contribution in [-0.4, -0.2) is 23.4 Å². The molecule has 0 N–H and O–H groups in total. The van der Waals surface area contributed by atoms with E-state index in [1.807, 2.05) is 30.3 Å². The van der Waals surface area contributed by atoms with Crippen molar-refractivity contribution in [2.24, 2.45) is 0 Å². The number of ether oxygens (including phenoxy) is 1.